The molecule has 0 amide bonds. The normalized spacial score (nSPS) is 14.1. The minimum absolute atomic E-state index is 0.598. The summed E-state index contributed by atoms with van der Waals surface area (Å²) in [6, 6.07) is 20.0. The van der Waals surface area contributed by atoms with Gasteiger partial charge in [0.1, 0.15) is 0 Å². The smallest absolute Gasteiger partial charge is 0.0905 e. The van der Waals surface area contributed by atoms with Crippen LogP contribution in [0.3, 0.4) is 0 Å². The third-order valence-electron chi connectivity index (χ3n) is 2.68. The van der Waals surface area contributed by atoms with Gasteiger partial charge < -0.3 is 0 Å². The number of benzene rings is 2. The summed E-state index contributed by atoms with van der Waals surface area (Å²) < 4.78 is 0. The van der Waals surface area contributed by atoms with Gasteiger partial charge in [-0.2, -0.15) is 0 Å². The zero-order valence-electron chi connectivity index (χ0n) is 10.2. The fourth-order valence-electron chi connectivity index (χ4n) is 1.76. The highest BCUT2D eigenvalue weighted by atomic mass is 31.2. The van der Waals surface area contributed by atoms with Crippen LogP contribution in [-0.2, 0) is 12.7 Å². The molecule has 0 saturated heterocycles. The van der Waals surface area contributed by atoms with E-state index in [4.69, 9.17) is 10.7 Å². The van der Waals surface area contributed by atoms with Crippen LogP contribution in [0.1, 0.15) is 11.1 Å². The molecule has 0 saturated carbocycles. The first kappa shape index (κ1) is 13.0. The number of hydrogen-bond acceptors (Lipinski definition) is 1. The summed E-state index contributed by atoms with van der Waals surface area (Å²) >= 11 is 0. The van der Waals surface area contributed by atoms with Gasteiger partial charge in [-0.1, -0.05) is 60.7 Å². The number of nitrogens with two attached hydrogens (primary N) is 1. The SMILES string of the molecule is N=P(N)(Cc1ccccc1)NCc1ccccc1. The van der Waals surface area contributed by atoms with E-state index in [0.29, 0.717) is 12.7 Å². The quantitative estimate of drug-likeness (QED) is 0.719. The Kier molecular flexibility index (Phi) is 4.32. The Balaban J connectivity index is 1.94. The van der Waals surface area contributed by atoms with Crippen molar-refractivity contribution in [3.8, 4) is 0 Å². The molecule has 94 valence electrons. The molecule has 0 spiro atoms. The molecule has 0 bridgehead atoms. The maximum absolute atomic E-state index is 8.19. The fourth-order valence-corrected chi connectivity index (χ4v) is 3.12. The summed E-state index contributed by atoms with van der Waals surface area (Å²) in [6.45, 7) is 0.654. The van der Waals surface area contributed by atoms with E-state index in [1.807, 2.05) is 60.7 Å². The molecule has 0 aliphatic carbocycles. The van der Waals surface area contributed by atoms with Gasteiger partial charge in [-0.25, -0.2) is 0 Å². The topological polar surface area (TPSA) is 61.9 Å². The van der Waals surface area contributed by atoms with Crippen LogP contribution in [0.5, 0.6) is 0 Å². The van der Waals surface area contributed by atoms with Crippen LogP contribution in [0.15, 0.2) is 60.7 Å². The third kappa shape index (κ3) is 4.11. The average molecular weight is 259 g/mol. The van der Waals surface area contributed by atoms with E-state index >= 15 is 0 Å². The van der Waals surface area contributed by atoms with Crippen LogP contribution in [0.2, 0.25) is 0 Å². The molecule has 0 aromatic heterocycles. The van der Waals surface area contributed by atoms with Crippen LogP contribution in [0.4, 0.5) is 0 Å². The van der Waals surface area contributed by atoms with Gasteiger partial charge in [0.05, 0.1) is 7.36 Å². The fraction of sp³-hybridized carbons (Fsp3) is 0.143. The lowest BCUT2D eigenvalue weighted by Gasteiger charge is -2.18. The molecule has 2 aromatic rings. The van der Waals surface area contributed by atoms with Crippen molar-refractivity contribution in [1.29, 1.82) is 5.16 Å². The largest absolute Gasteiger partial charge is 0.290 e. The summed E-state index contributed by atoms with van der Waals surface area (Å²) in [6.07, 6.45) is 0.598. The Hall–Kier alpha value is -1.41. The van der Waals surface area contributed by atoms with Gasteiger partial charge in [-0.3, -0.25) is 15.8 Å². The first-order valence-electron chi connectivity index (χ1n) is 5.90. The number of hydrogen-bond donors (Lipinski definition) is 3. The van der Waals surface area contributed by atoms with Crippen molar-refractivity contribution in [2.75, 3.05) is 0 Å². The molecule has 18 heavy (non-hydrogen) atoms. The molecular weight excluding hydrogens is 241 g/mol. The van der Waals surface area contributed by atoms with Gasteiger partial charge in [-0.15, -0.1) is 0 Å². The molecule has 0 aliphatic rings. The standard InChI is InChI=1S/C14H18N3P/c15-18(16,12-14-9-5-2-6-10-14)17-11-13-7-3-1-4-8-13/h1-10H,11-12H2,(H4,15,16,17). The Morgan fingerprint density at radius 2 is 1.39 bits per heavy atom. The third-order valence-corrected chi connectivity index (χ3v) is 4.27. The van der Waals surface area contributed by atoms with Crippen molar-refractivity contribution in [3.63, 3.8) is 0 Å². The van der Waals surface area contributed by atoms with Crippen molar-refractivity contribution in [2.24, 2.45) is 5.50 Å². The summed E-state index contributed by atoms with van der Waals surface area (Å²) in [4.78, 5) is 0. The van der Waals surface area contributed by atoms with E-state index in [9.17, 15) is 0 Å². The van der Waals surface area contributed by atoms with Crippen molar-refractivity contribution in [3.05, 3.63) is 71.8 Å². The maximum atomic E-state index is 8.19. The molecule has 1 atom stereocenters. The second-order valence-corrected chi connectivity index (χ2v) is 6.70. The summed E-state index contributed by atoms with van der Waals surface area (Å²) in [5.74, 6) is 0. The predicted octanol–water partition coefficient (Wildman–Crippen LogP) is 3.55. The zero-order valence-corrected chi connectivity index (χ0v) is 11.1. The van der Waals surface area contributed by atoms with Gasteiger partial charge in [0.25, 0.3) is 0 Å². The monoisotopic (exact) mass is 259 g/mol. The summed E-state index contributed by atoms with van der Waals surface area (Å²) in [5.41, 5.74) is 8.34. The first-order valence-corrected chi connectivity index (χ1v) is 7.95. The molecule has 3 nitrogen and oxygen atoms in total. The van der Waals surface area contributed by atoms with E-state index < -0.39 is 7.36 Å². The van der Waals surface area contributed by atoms with E-state index in [1.54, 1.807) is 0 Å². The average Bonchev–Trinajstić information content (AvgIpc) is 2.38. The van der Waals surface area contributed by atoms with Crippen molar-refractivity contribution in [2.45, 2.75) is 12.7 Å². The van der Waals surface area contributed by atoms with Crippen molar-refractivity contribution >= 4 is 7.36 Å². The molecule has 1 unspecified atom stereocenters. The van der Waals surface area contributed by atoms with Crippen LogP contribution in [0, 0.1) is 5.16 Å². The minimum Gasteiger partial charge on any atom is -0.290 e. The minimum atomic E-state index is -2.33. The zero-order chi connectivity index (χ0) is 12.8. The van der Waals surface area contributed by atoms with Crippen molar-refractivity contribution < 1.29 is 0 Å². The summed E-state index contributed by atoms with van der Waals surface area (Å²) in [7, 11) is -2.33. The lowest BCUT2D eigenvalue weighted by atomic mass is 10.2. The first-order chi connectivity index (χ1) is 8.66. The molecule has 4 N–H and O–H groups in total. The highest BCUT2D eigenvalue weighted by molar-refractivity contribution is 7.59. The molecule has 0 aliphatic heterocycles. The van der Waals surface area contributed by atoms with E-state index in [0.717, 1.165) is 11.1 Å². The van der Waals surface area contributed by atoms with Crippen LogP contribution < -0.4 is 10.6 Å². The van der Waals surface area contributed by atoms with E-state index in [-0.39, 0.29) is 0 Å². The highest BCUT2D eigenvalue weighted by Crippen LogP contribution is 2.36. The molecule has 4 heteroatoms. The van der Waals surface area contributed by atoms with Crippen LogP contribution in [-0.4, -0.2) is 0 Å². The van der Waals surface area contributed by atoms with E-state index in [1.165, 1.54) is 0 Å². The number of nitrogens with one attached hydrogen (secondary N) is 2. The lowest BCUT2D eigenvalue weighted by Crippen LogP contribution is -2.17. The van der Waals surface area contributed by atoms with Gasteiger partial charge >= 0.3 is 0 Å². The Labute approximate surface area is 108 Å². The lowest BCUT2D eigenvalue weighted by molar-refractivity contribution is 0.935. The highest BCUT2D eigenvalue weighted by Gasteiger charge is 2.10. The second kappa shape index (κ2) is 5.96. The number of rotatable bonds is 5. The van der Waals surface area contributed by atoms with Crippen molar-refractivity contribution in [1.82, 2.24) is 5.09 Å². The molecule has 0 fully saturated rings. The molecule has 0 heterocycles. The van der Waals surface area contributed by atoms with Gasteiger partial charge in [-0.05, 0) is 11.1 Å². The molecular formula is C14H18N3P. The van der Waals surface area contributed by atoms with Crippen LogP contribution in [0.25, 0.3) is 0 Å². The predicted molar refractivity (Wildman–Crippen MR) is 77.3 cm³/mol. The van der Waals surface area contributed by atoms with Gasteiger partial charge in [0.15, 0.2) is 0 Å². The second-order valence-electron chi connectivity index (χ2n) is 4.33. The Morgan fingerprint density at radius 3 is 1.94 bits per heavy atom. The summed E-state index contributed by atoms with van der Waals surface area (Å²) in [5, 5.41) is 11.4. The maximum Gasteiger partial charge on any atom is 0.0905 e. The Bertz CT molecular complexity index is 525. The molecule has 2 rings (SSSR count). The van der Waals surface area contributed by atoms with Crippen LogP contribution >= 0.6 is 7.36 Å². The molecule has 2 aromatic carbocycles. The van der Waals surface area contributed by atoms with E-state index in [2.05, 4.69) is 5.09 Å². The van der Waals surface area contributed by atoms with Gasteiger partial charge in [0.2, 0.25) is 0 Å². The Morgan fingerprint density at radius 1 is 0.889 bits per heavy atom. The van der Waals surface area contributed by atoms with Gasteiger partial charge in [0, 0.05) is 12.7 Å². The molecule has 0 radical (unpaired) electrons.